The van der Waals surface area contributed by atoms with E-state index in [0.717, 1.165) is 47.3 Å². The lowest BCUT2D eigenvalue weighted by Crippen LogP contribution is -2.15. The molecule has 0 aromatic heterocycles. The minimum Gasteiger partial charge on any atom is -0.0850 e. The molecule has 2 fully saturated rings. The van der Waals surface area contributed by atoms with E-state index < -0.39 is 0 Å². The third-order valence-electron chi connectivity index (χ3n) is 7.58. The fraction of sp³-hybridized carbons (Fsp3) is 0.636. The zero-order chi connectivity index (χ0) is 14.8. The van der Waals surface area contributed by atoms with E-state index in [1.807, 2.05) is 0 Å². The zero-order valence-electron chi connectivity index (χ0n) is 13.9. The summed E-state index contributed by atoms with van der Waals surface area (Å²) in [4.78, 5) is 0. The monoisotopic (exact) mass is 292 g/mol. The lowest BCUT2D eigenvalue weighted by atomic mass is 9.83. The molecule has 0 aromatic carbocycles. The van der Waals surface area contributed by atoms with E-state index in [1.54, 1.807) is 11.1 Å². The molecule has 6 aliphatic rings. The van der Waals surface area contributed by atoms with Crippen LogP contribution >= 0.6 is 0 Å². The molecule has 116 valence electrons. The van der Waals surface area contributed by atoms with E-state index in [1.165, 1.54) is 25.7 Å². The molecular weight excluding hydrogens is 264 g/mol. The van der Waals surface area contributed by atoms with Crippen molar-refractivity contribution in [2.45, 2.75) is 39.5 Å². The average molecular weight is 292 g/mol. The van der Waals surface area contributed by atoms with Crippen LogP contribution in [-0.2, 0) is 0 Å². The molecule has 0 N–H and O–H groups in total. The first-order valence-electron chi connectivity index (χ1n) is 9.41. The molecule has 8 unspecified atom stereocenters. The summed E-state index contributed by atoms with van der Waals surface area (Å²) >= 11 is 0. The summed E-state index contributed by atoms with van der Waals surface area (Å²) in [5, 5.41) is 0. The van der Waals surface area contributed by atoms with Gasteiger partial charge in [-0.15, -0.1) is 0 Å². The Balaban J connectivity index is 0.000000102. The quantitative estimate of drug-likeness (QED) is 0.513. The van der Waals surface area contributed by atoms with Crippen LogP contribution in [0.25, 0.3) is 0 Å². The van der Waals surface area contributed by atoms with Gasteiger partial charge in [0, 0.05) is 0 Å². The minimum absolute atomic E-state index is 0.919. The highest BCUT2D eigenvalue weighted by Gasteiger charge is 2.46. The summed E-state index contributed by atoms with van der Waals surface area (Å²) in [6.45, 7) is 4.61. The van der Waals surface area contributed by atoms with Crippen molar-refractivity contribution in [2.24, 2.45) is 47.3 Å². The van der Waals surface area contributed by atoms with Crippen LogP contribution in [0.1, 0.15) is 39.5 Å². The molecule has 0 saturated heterocycles. The Hall–Kier alpha value is -1.04. The van der Waals surface area contributed by atoms with E-state index in [4.69, 9.17) is 0 Å². The van der Waals surface area contributed by atoms with Gasteiger partial charge in [0.2, 0.25) is 0 Å². The van der Waals surface area contributed by atoms with Crippen LogP contribution in [0.15, 0.2) is 47.6 Å². The Bertz CT molecular complexity index is 602. The number of fused-ring (bicyclic) bond motifs is 10. The van der Waals surface area contributed by atoms with E-state index >= 15 is 0 Å². The van der Waals surface area contributed by atoms with Gasteiger partial charge in [-0.1, -0.05) is 47.6 Å². The highest BCUT2D eigenvalue weighted by molar-refractivity contribution is 5.27. The van der Waals surface area contributed by atoms with E-state index in [2.05, 4.69) is 50.3 Å². The Morgan fingerprint density at radius 1 is 0.818 bits per heavy atom. The summed E-state index contributed by atoms with van der Waals surface area (Å²) in [7, 11) is 0. The molecule has 0 nitrogen and oxygen atoms in total. The van der Waals surface area contributed by atoms with Crippen LogP contribution in [0.5, 0.6) is 0 Å². The Morgan fingerprint density at radius 3 is 2.27 bits per heavy atom. The molecule has 2 saturated carbocycles. The maximum absolute atomic E-state index is 2.53. The van der Waals surface area contributed by atoms with Crippen LogP contribution in [0.4, 0.5) is 0 Å². The fourth-order valence-corrected chi connectivity index (χ4v) is 6.65. The average Bonchev–Trinajstić information content (AvgIpc) is 3.28. The molecule has 0 aromatic rings. The molecular formula is C22H28. The maximum atomic E-state index is 2.53. The largest absolute Gasteiger partial charge is 0.0850 e. The van der Waals surface area contributed by atoms with Gasteiger partial charge >= 0.3 is 0 Å². The maximum Gasteiger partial charge on any atom is -0.0106 e. The second kappa shape index (κ2) is 4.73. The van der Waals surface area contributed by atoms with Gasteiger partial charge in [0.05, 0.1) is 0 Å². The summed E-state index contributed by atoms with van der Waals surface area (Å²) in [6, 6.07) is 0. The summed E-state index contributed by atoms with van der Waals surface area (Å²) < 4.78 is 0. The number of allylic oxidation sites excluding steroid dienone is 8. The molecule has 0 heteroatoms. The van der Waals surface area contributed by atoms with Crippen LogP contribution in [0.3, 0.4) is 0 Å². The third-order valence-corrected chi connectivity index (χ3v) is 7.58. The molecule has 0 radical (unpaired) electrons. The van der Waals surface area contributed by atoms with Crippen molar-refractivity contribution in [2.75, 3.05) is 0 Å². The first-order chi connectivity index (χ1) is 10.7. The Labute approximate surface area is 135 Å². The van der Waals surface area contributed by atoms with Crippen molar-refractivity contribution >= 4 is 0 Å². The first-order valence-corrected chi connectivity index (χ1v) is 9.41. The van der Waals surface area contributed by atoms with E-state index in [9.17, 15) is 0 Å². The summed E-state index contributed by atoms with van der Waals surface area (Å²) in [6.07, 6.45) is 20.5. The summed E-state index contributed by atoms with van der Waals surface area (Å²) in [5.74, 6) is 7.62. The predicted octanol–water partition coefficient (Wildman–Crippen LogP) is 5.55. The molecule has 4 bridgehead atoms. The van der Waals surface area contributed by atoms with Gasteiger partial charge in [-0.3, -0.25) is 0 Å². The van der Waals surface area contributed by atoms with Crippen molar-refractivity contribution in [3.63, 3.8) is 0 Å². The molecule has 0 amide bonds. The Morgan fingerprint density at radius 2 is 1.50 bits per heavy atom. The van der Waals surface area contributed by atoms with Crippen LogP contribution in [0, 0.1) is 47.3 Å². The lowest BCUT2D eigenvalue weighted by molar-refractivity contribution is 0.385. The molecule has 0 heterocycles. The van der Waals surface area contributed by atoms with Gasteiger partial charge < -0.3 is 0 Å². The molecule has 0 aliphatic heterocycles. The molecule has 0 spiro atoms. The highest BCUT2D eigenvalue weighted by atomic mass is 14.5. The SMILES string of the molecule is CC1=CC2C3C=CC(C3)C2C1.CC1=CCC2C3C=CC(C3)C12. The van der Waals surface area contributed by atoms with Gasteiger partial charge in [-0.05, 0) is 86.9 Å². The second-order valence-corrected chi connectivity index (χ2v) is 8.73. The number of hydrogen-bond acceptors (Lipinski definition) is 0. The van der Waals surface area contributed by atoms with Crippen molar-refractivity contribution in [3.05, 3.63) is 47.6 Å². The van der Waals surface area contributed by atoms with Crippen molar-refractivity contribution in [1.82, 2.24) is 0 Å². The molecule has 6 rings (SSSR count). The van der Waals surface area contributed by atoms with Crippen LogP contribution in [0.2, 0.25) is 0 Å². The highest BCUT2D eigenvalue weighted by Crippen LogP contribution is 2.55. The second-order valence-electron chi connectivity index (χ2n) is 8.73. The number of hydrogen-bond donors (Lipinski definition) is 0. The fourth-order valence-electron chi connectivity index (χ4n) is 6.65. The van der Waals surface area contributed by atoms with Gasteiger partial charge in [0.25, 0.3) is 0 Å². The van der Waals surface area contributed by atoms with Gasteiger partial charge in [0.1, 0.15) is 0 Å². The Kier molecular flexibility index (Phi) is 2.88. The van der Waals surface area contributed by atoms with Gasteiger partial charge in [0.15, 0.2) is 0 Å². The lowest BCUT2D eigenvalue weighted by Gasteiger charge is -2.21. The molecule has 6 aliphatic carbocycles. The van der Waals surface area contributed by atoms with Gasteiger partial charge in [-0.25, -0.2) is 0 Å². The first kappa shape index (κ1) is 13.4. The number of rotatable bonds is 0. The smallest absolute Gasteiger partial charge is 0.0106 e. The van der Waals surface area contributed by atoms with Crippen molar-refractivity contribution in [3.8, 4) is 0 Å². The predicted molar refractivity (Wildman–Crippen MR) is 92.2 cm³/mol. The molecule has 8 atom stereocenters. The van der Waals surface area contributed by atoms with Gasteiger partial charge in [-0.2, -0.15) is 0 Å². The summed E-state index contributed by atoms with van der Waals surface area (Å²) in [5.41, 5.74) is 3.31. The molecule has 22 heavy (non-hydrogen) atoms. The topological polar surface area (TPSA) is 0 Å². The van der Waals surface area contributed by atoms with Crippen LogP contribution in [-0.4, -0.2) is 0 Å². The standard InChI is InChI=1S/2C11H14/c1-7-2-5-10-8-3-4-9(6-8)11(7)10;1-7-4-10-8-2-3-9(6-8)11(10)5-7/h2*2-4,8-11H,5-6H2,1H3. The van der Waals surface area contributed by atoms with Crippen molar-refractivity contribution in [1.29, 1.82) is 0 Å². The zero-order valence-corrected chi connectivity index (χ0v) is 13.9. The van der Waals surface area contributed by atoms with Crippen molar-refractivity contribution < 1.29 is 0 Å². The van der Waals surface area contributed by atoms with E-state index in [-0.39, 0.29) is 0 Å². The van der Waals surface area contributed by atoms with Crippen LogP contribution < -0.4 is 0 Å². The van der Waals surface area contributed by atoms with E-state index in [0.29, 0.717) is 0 Å². The normalized spacial score (nSPS) is 51.5. The third kappa shape index (κ3) is 1.82. The minimum atomic E-state index is 0.919.